The van der Waals surface area contributed by atoms with Crippen LogP contribution in [0.25, 0.3) is 0 Å². The summed E-state index contributed by atoms with van der Waals surface area (Å²) in [5, 5.41) is 2.77. The highest BCUT2D eigenvalue weighted by Crippen LogP contribution is 2.08. The number of hydrogen-bond donors (Lipinski definition) is 1. The van der Waals surface area contributed by atoms with Crippen molar-refractivity contribution in [1.29, 1.82) is 0 Å². The summed E-state index contributed by atoms with van der Waals surface area (Å²) >= 11 is 0. The van der Waals surface area contributed by atoms with Crippen molar-refractivity contribution in [3.8, 4) is 0 Å². The van der Waals surface area contributed by atoms with Gasteiger partial charge in [0.25, 0.3) is 5.91 Å². The Balaban J connectivity index is 2.00. The number of furan rings is 1. The van der Waals surface area contributed by atoms with Crippen molar-refractivity contribution >= 4 is 16.7 Å². The average Bonchev–Trinajstić information content (AvgIpc) is 2.88. The van der Waals surface area contributed by atoms with Gasteiger partial charge in [-0.05, 0) is 29.8 Å². The van der Waals surface area contributed by atoms with Gasteiger partial charge in [-0.15, -0.1) is 0 Å². The third-order valence-electron chi connectivity index (χ3n) is 2.56. The Morgan fingerprint density at radius 1 is 1.32 bits per heavy atom. The first-order valence-electron chi connectivity index (χ1n) is 5.84. The zero-order valence-electron chi connectivity index (χ0n) is 10.6. The zero-order valence-corrected chi connectivity index (χ0v) is 11.4. The SMILES string of the molecule is CS(=O)Cc1cccc(C(=O)NCc2ccco2)c1. The number of benzene rings is 1. The normalized spacial score (nSPS) is 12.1. The summed E-state index contributed by atoms with van der Waals surface area (Å²) in [5.41, 5.74) is 1.46. The first kappa shape index (κ1) is 13.5. The Kier molecular flexibility index (Phi) is 4.52. The van der Waals surface area contributed by atoms with Crippen molar-refractivity contribution in [2.45, 2.75) is 12.3 Å². The van der Waals surface area contributed by atoms with Crippen LogP contribution in [0.5, 0.6) is 0 Å². The maximum atomic E-state index is 11.9. The predicted octanol–water partition coefficient (Wildman–Crippen LogP) is 2.09. The summed E-state index contributed by atoms with van der Waals surface area (Å²) in [7, 11) is -0.913. The van der Waals surface area contributed by atoms with Gasteiger partial charge < -0.3 is 9.73 Å². The Morgan fingerprint density at radius 3 is 2.84 bits per heavy atom. The van der Waals surface area contributed by atoms with Crippen LogP contribution in [-0.4, -0.2) is 16.4 Å². The number of amides is 1. The molecule has 0 aliphatic carbocycles. The molecular formula is C14H15NO3S. The monoisotopic (exact) mass is 277 g/mol. The lowest BCUT2D eigenvalue weighted by molar-refractivity contribution is 0.0948. The zero-order chi connectivity index (χ0) is 13.7. The third kappa shape index (κ3) is 4.06. The van der Waals surface area contributed by atoms with Gasteiger partial charge in [-0.25, -0.2) is 0 Å². The molecule has 19 heavy (non-hydrogen) atoms. The highest BCUT2D eigenvalue weighted by Gasteiger charge is 2.07. The standard InChI is InChI=1S/C14H15NO3S/c1-19(17)10-11-4-2-5-12(8-11)14(16)15-9-13-6-3-7-18-13/h2-8H,9-10H2,1H3,(H,15,16). The highest BCUT2D eigenvalue weighted by atomic mass is 32.2. The van der Waals surface area contributed by atoms with Crippen LogP contribution >= 0.6 is 0 Å². The molecule has 2 aromatic rings. The summed E-state index contributed by atoms with van der Waals surface area (Å²) in [6.07, 6.45) is 3.21. The lowest BCUT2D eigenvalue weighted by atomic mass is 10.1. The maximum Gasteiger partial charge on any atom is 0.251 e. The van der Waals surface area contributed by atoms with Gasteiger partial charge >= 0.3 is 0 Å². The average molecular weight is 277 g/mol. The van der Waals surface area contributed by atoms with E-state index in [-0.39, 0.29) is 5.91 Å². The van der Waals surface area contributed by atoms with E-state index in [9.17, 15) is 9.00 Å². The first-order valence-corrected chi connectivity index (χ1v) is 7.57. The van der Waals surface area contributed by atoms with Crippen molar-refractivity contribution in [2.24, 2.45) is 0 Å². The molecule has 0 spiro atoms. The Labute approximate surface area is 114 Å². The largest absolute Gasteiger partial charge is 0.467 e. The van der Waals surface area contributed by atoms with E-state index in [1.165, 1.54) is 0 Å². The number of carbonyl (C=O) groups is 1. The van der Waals surface area contributed by atoms with Crippen LogP contribution in [0.15, 0.2) is 47.1 Å². The maximum absolute atomic E-state index is 11.9. The predicted molar refractivity (Wildman–Crippen MR) is 74.1 cm³/mol. The molecule has 1 aromatic carbocycles. The van der Waals surface area contributed by atoms with E-state index >= 15 is 0 Å². The van der Waals surface area contributed by atoms with Crippen LogP contribution in [0.1, 0.15) is 21.7 Å². The van der Waals surface area contributed by atoms with E-state index in [1.54, 1.807) is 42.9 Å². The summed E-state index contributed by atoms with van der Waals surface area (Å²) < 4.78 is 16.3. The van der Waals surface area contributed by atoms with E-state index in [0.717, 1.165) is 5.56 Å². The Hall–Kier alpha value is -1.88. The van der Waals surface area contributed by atoms with Gasteiger partial charge in [-0.1, -0.05) is 12.1 Å². The molecule has 0 aliphatic heterocycles. The van der Waals surface area contributed by atoms with Crippen LogP contribution in [0.3, 0.4) is 0 Å². The minimum Gasteiger partial charge on any atom is -0.467 e. The summed E-state index contributed by atoms with van der Waals surface area (Å²) in [5.74, 6) is 0.999. The molecule has 2 rings (SSSR count). The molecule has 0 bridgehead atoms. The van der Waals surface area contributed by atoms with E-state index in [1.807, 2.05) is 6.07 Å². The van der Waals surface area contributed by atoms with Crippen molar-refractivity contribution < 1.29 is 13.4 Å². The highest BCUT2D eigenvalue weighted by molar-refractivity contribution is 7.83. The molecule has 4 nitrogen and oxygen atoms in total. The molecule has 1 aromatic heterocycles. The molecule has 100 valence electrons. The van der Waals surface area contributed by atoms with Gasteiger partial charge in [0.2, 0.25) is 0 Å². The fraction of sp³-hybridized carbons (Fsp3) is 0.214. The molecule has 0 saturated heterocycles. The van der Waals surface area contributed by atoms with Crippen molar-refractivity contribution in [1.82, 2.24) is 5.32 Å². The molecule has 1 N–H and O–H groups in total. The van der Waals surface area contributed by atoms with E-state index in [0.29, 0.717) is 23.6 Å². The topological polar surface area (TPSA) is 59.3 Å². The molecule has 1 atom stereocenters. The molecule has 1 amide bonds. The third-order valence-corrected chi connectivity index (χ3v) is 3.30. The van der Waals surface area contributed by atoms with Gasteiger partial charge in [0.05, 0.1) is 12.8 Å². The molecule has 0 aliphatic rings. The number of hydrogen-bond acceptors (Lipinski definition) is 3. The van der Waals surface area contributed by atoms with Crippen LogP contribution in [0, 0.1) is 0 Å². The summed E-state index contributed by atoms with van der Waals surface area (Å²) in [6.45, 7) is 0.357. The number of rotatable bonds is 5. The smallest absolute Gasteiger partial charge is 0.251 e. The van der Waals surface area contributed by atoms with E-state index in [2.05, 4.69) is 5.32 Å². The second-order valence-corrected chi connectivity index (χ2v) is 5.62. The van der Waals surface area contributed by atoms with Crippen molar-refractivity contribution in [2.75, 3.05) is 6.26 Å². The van der Waals surface area contributed by atoms with Crippen LogP contribution in [0.2, 0.25) is 0 Å². The van der Waals surface area contributed by atoms with Crippen LogP contribution in [-0.2, 0) is 23.1 Å². The van der Waals surface area contributed by atoms with E-state index < -0.39 is 10.8 Å². The second kappa shape index (κ2) is 6.33. The summed E-state index contributed by atoms with van der Waals surface area (Å²) in [6, 6.07) is 10.7. The van der Waals surface area contributed by atoms with Gasteiger partial charge in [-0.3, -0.25) is 9.00 Å². The quantitative estimate of drug-likeness (QED) is 0.910. The molecule has 0 saturated carbocycles. The van der Waals surface area contributed by atoms with Gasteiger partial charge in [0.15, 0.2) is 0 Å². The number of nitrogens with one attached hydrogen (secondary N) is 1. The second-order valence-electron chi connectivity index (χ2n) is 4.18. The van der Waals surface area contributed by atoms with Crippen molar-refractivity contribution in [3.63, 3.8) is 0 Å². The first-order chi connectivity index (χ1) is 9.15. The summed E-state index contributed by atoms with van der Waals surface area (Å²) in [4.78, 5) is 11.9. The minimum atomic E-state index is -0.913. The minimum absolute atomic E-state index is 0.167. The molecular weight excluding hydrogens is 262 g/mol. The van der Waals surface area contributed by atoms with E-state index in [4.69, 9.17) is 4.42 Å². The van der Waals surface area contributed by atoms with Crippen LogP contribution in [0.4, 0.5) is 0 Å². The molecule has 0 fully saturated rings. The van der Waals surface area contributed by atoms with Gasteiger partial charge in [0.1, 0.15) is 5.76 Å². The molecule has 5 heteroatoms. The fourth-order valence-electron chi connectivity index (χ4n) is 1.72. The number of carbonyl (C=O) groups excluding carboxylic acids is 1. The molecule has 0 radical (unpaired) electrons. The fourth-order valence-corrected chi connectivity index (χ4v) is 2.37. The van der Waals surface area contributed by atoms with Crippen molar-refractivity contribution in [3.05, 3.63) is 59.5 Å². The van der Waals surface area contributed by atoms with Crippen LogP contribution < -0.4 is 5.32 Å². The Morgan fingerprint density at radius 2 is 2.16 bits per heavy atom. The molecule has 1 unspecified atom stereocenters. The van der Waals surface area contributed by atoms with Gasteiger partial charge in [0, 0.05) is 28.4 Å². The molecule has 1 heterocycles. The lowest BCUT2D eigenvalue weighted by Gasteiger charge is -2.05. The lowest BCUT2D eigenvalue weighted by Crippen LogP contribution is -2.22. The van der Waals surface area contributed by atoms with Gasteiger partial charge in [-0.2, -0.15) is 0 Å². The Bertz CT molecular complexity index is 578.